The van der Waals surface area contributed by atoms with E-state index in [2.05, 4.69) is 5.32 Å². The average molecular weight is 349 g/mol. The molecule has 1 aliphatic rings. The maximum Gasteiger partial charge on any atom is 0.306 e. The number of hydrogen-bond acceptors (Lipinski definition) is 5. The summed E-state index contributed by atoms with van der Waals surface area (Å²) < 4.78 is 15.6. The Morgan fingerprint density at radius 3 is 2.48 bits per heavy atom. The van der Waals surface area contributed by atoms with Gasteiger partial charge in [0.25, 0.3) is 5.91 Å². The number of carbonyl (C=O) groups is 2. The van der Waals surface area contributed by atoms with Gasteiger partial charge in [0, 0.05) is 18.2 Å². The summed E-state index contributed by atoms with van der Waals surface area (Å²) in [6.45, 7) is 1.57. The highest BCUT2D eigenvalue weighted by Gasteiger charge is 2.21. The summed E-state index contributed by atoms with van der Waals surface area (Å²) in [5, 5.41) is 2.72. The molecule has 1 aromatic rings. The molecule has 2 rings (SSSR count). The highest BCUT2D eigenvalue weighted by atomic mass is 16.5. The van der Waals surface area contributed by atoms with Gasteiger partial charge in [-0.2, -0.15) is 0 Å². The van der Waals surface area contributed by atoms with E-state index in [1.807, 2.05) is 0 Å². The molecule has 6 nitrogen and oxygen atoms in total. The molecular weight excluding hydrogens is 322 g/mol. The maximum absolute atomic E-state index is 12.2. The third kappa shape index (κ3) is 5.66. The van der Waals surface area contributed by atoms with Gasteiger partial charge in [-0.3, -0.25) is 9.59 Å². The topological polar surface area (TPSA) is 73.9 Å². The highest BCUT2D eigenvalue weighted by Crippen LogP contribution is 2.30. The molecule has 1 aromatic carbocycles. The zero-order valence-corrected chi connectivity index (χ0v) is 15.2. The van der Waals surface area contributed by atoms with Crippen molar-refractivity contribution >= 4 is 17.6 Å². The number of benzene rings is 1. The van der Waals surface area contributed by atoms with Crippen LogP contribution in [0.15, 0.2) is 18.2 Å². The van der Waals surface area contributed by atoms with Crippen molar-refractivity contribution in [1.29, 1.82) is 0 Å². The van der Waals surface area contributed by atoms with Gasteiger partial charge in [-0.15, -0.1) is 0 Å². The molecular formula is C19H27NO5. The van der Waals surface area contributed by atoms with Crippen molar-refractivity contribution in [3.63, 3.8) is 0 Å². The smallest absolute Gasteiger partial charge is 0.306 e. The van der Waals surface area contributed by atoms with Crippen molar-refractivity contribution < 1.29 is 23.8 Å². The summed E-state index contributed by atoms with van der Waals surface area (Å²) in [6, 6.07) is 5.06. The fourth-order valence-corrected chi connectivity index (χ4v) is 3.09. The van der Waals surface area contributed by atoms with Crippen molar-refractivity contribution in [2.45, 2.75) is 51.6 Å². The van der Waals surface area contributed by atoms with E-state index in [4.69, 9.17) is 14.2 Å². The van der Waals surface area contributed by atoms with Crippen molar-refractivity contribution in [2.75, 3.05) is 19.5 Å². The molecule has 1 aliphatic carbocycles. The molecule has 6 heteroatoms. The van der Waals surface area contributed by atoms with Crippen LogP contribution >= 0.6 is 0 Å². The van der Waals surface area contributed by atoms with Gasteiger partial charge in [-0.05, 0) is 31.4 Å². The van der Waals surface area contributed by atoms with E-state index in [-0.39, 0.29) is 11.9 Å². The van der Waals surface area contributed by atoms with Crippen LogP contribution in [0, 0.1) is 5.92 Å². The van der Waals surface area contributed by atoms with Crippen molar-refractivity contribution in [3.05, 3.63) is 18.2 Å². The lowest BCUT2D eigenvalue weighted by atomic mass is 10.0. The van der Waals surface area contributed by atoms with Crippen LogP contribution in [-0.4, -0.2) is 32.2 Å². The zero-order chi connectivity index (χ0) is 18.2. The van der Waals surface area contributed by atoms with E-state index in [1.165, 1.54) is 32.8 Å². The van der Waals surface area contributed by atoms with Crippen LogP contribution in [0.3, 0.4) is 0 Å². The first kappa shape index (κ1) is 19.1. The van der Waals surface area contributed by atoms with Crippen LogP contribution in [-0.2, 0) is 14.3 Å². The van der Waals surface area contributed by atoms with Crippen LogP contribution in [0.2, 0.25) is 0 Å². The molecule has 1 saturated carbocycles. The van der Waals surface area contributed by atoms with Gasteiger partial charge in [0.05, 0.1) is 14.2 Å². The average Bonchev–Trinajstić information content (AvgIpc) is 3.13. The first-order chi connectivity index (χ1) is 12.0. The van der Waals surface area contributed by atoms with Crippen LogP contribution in [0.4, 0.5) is 5.69 Å². The van der Waals surface area contributed by atoms with Crippen molar-refractivity contribution in [3.8, 4) is 11.5 Å². The van der Waals surface area contributed by atoms with Crippen LogP contribution in [0.5, 0.6) is 11.5 Å². The first-order valence-electron chi connectivity index (χ1n) is 8.76. The predicted molar refractivity (Wildman–Crippen MR) is 94.9 cm³/mol. The maximum atomic E-state index is 12.2. The molecule has 0 radical (unpaired) electrons. The highest BCUT2D eigenvalue weighted by molar-refractivity contribution is 5.95. The van der Waals surface area contributed by atoms with Crippen molar-refractivity contribution in [1.82, 2.24) is 0 Å². The fraction of sp³-hybridized carbons (Fsp3) is 0.579. The number of methoxy groups -OCH3 is 2. The molecule has 1 unspecified atom stereocenters. The van der Waals surface area contributed by atoms with E-state index in [1.54, 1.807) is 32.2 Å². The third-order valence-corrected chi connectivity index (χ3v) is 4.56. The number of amides is 1. The van der Waals surface area contributed by atoms with Gasteiger partial charge in [-0.25, -0.2) is 0 Å². The number of anilines is 1. The third-order valence-electron chi connectivity index (χ3n) is 4.56. The lowest BCUT2D eigenvalue weighted by molar-refractivity contribution is -0.153. The molecule has 1 fully saturated rings. The Hall–Kier alpha value is -2.24. The van der Waals surface area contributed by atoms with E-state index in [0.29, 0.717) is 29.5 Å². The Kier molecular flexibility index (Phi) is 7.10. The minimum Gasteiger partial charge on any atom is -0.493 e. The summed E-state index contributed by atoms with van der Waals surface area (Å²) in [5.41, 5.74) is 0.552. The molecule has 1 N–H and O–H groups in total. The van der Waals surface area contributed by atoms with Gasteiger partial charge in [0.15, 0.2) is 17.6 Å². The number of hydrogen-bond donors (Lipinski definition) is 1. The number of rotatable bonds is 8. The van der Waals surface area contributed by atoms with Crippen molar-refractivity contribution in [2.24, 2.45) is 5.92 Å². The quantitative estimate of drug-likeness (QED) is 0.727. The first-order valence-corrected chi connectivity index (χ1v) is 8.76. The van der Waals surface area contributed by atoms with E-state index < -0.39 is 6.10 Å². The summed E-state index contributed by atoms with van der Waals surface area (Å²) in [6.07, 6.45) is 5.28. The summed E-state index contributed by atoms with van der Waals surface area (Å²) in [5.74, 6) is 1.03. The second kappa shape index (κ2) is 9.30. The Morgan fingerprint density at radius 1 is 1.16 bits per heavy atom. The Bertz CT molecular complexity index is 595. The molecule has 0 spiro atoms. The Balaban J connectivity index is 1.81. The van der Waals surface area contributed by atoms with Gasteiger partial charge in [0.1, 0.15) is 0 Å². The van der Waals surface area contributed by atoms with E-state index in [9.17, 15) is 9.59 Å². The number of ether oxygens (including phenoxy) is 3. The number of nitrogens with one attached hydrogen (secondary N) is 1. The second-order valence-electron chi connectivity index (χ2n) is 6.38. The summed E-state index contributed by atoms with van der Waals surface area (Å²) in [4.78, 5) is 24.1. The molecule has 25 heavy (non-hydrogen) atoms. The molecule has 0 aliphatic heterocycles. The summed E-state index contributed by atoms with van der Waals surface area (Å²) in [7, 11) is 3.07. The molecule has 0 bridgehead atoms. The predicted octanol–water partition coefficient (Wildman–Crippen LogP) is 3.54. The largest absolute Gasteiger partial charge is 0.493 e. The van der Waals surface area contributed by atoms with Crippen LogP contribution in [0.1, 0.15) is 45.4 Å². The molecule has 1 amide bonds. The van der Waals surface area contributed by atoms with Gasteiger partial charge in [-0.1, -0.05) is 25.7 Å². The van der Waals surface area contributed by atoms with E-state index in [0.717, 1.165) is 6.42 Å². The molecule has 138 valence electrons. The Morgan fingerprint density at radius 2 is 1.84 bits per heavy atom. The minimum absolute atomic E-state index is 0.318. The van der Waals surface area contributed by atoms with Gasteiger partial charge < -0.3 is 19.5 Å². The van der Waals surface area contributed by atoms with Gasteiger partial charge in [0.2, 0.25) is 0 Å². The second-order valence-corrected chi connectivity index (χ2v) is 6.38. The fourth-order valence-electron chi connectivity index (χ4n) is 3.09. The minimum atomic E-state index is -0.843. The SMILES string of the molecule is COc1ccc(NC(=O)C(C)OC(=O)CCC2CCCC2)cc1OC. The van der Waals surface area contributed by atoms with Gasteiger partial charge >= 0.3 is 5.97 Å². The lowest BCUT2D eigenvalue weighted by Gasteiger charge is -2.15. The van der Waals surface area contributed by atoms with E-state index >= 15 is 0 Å². The number of carbonyl (C=O) groups excluding carboxylic acids is 2. The molecule has 0 saturated heterocycles. The normalized spacial score (nSPS) is 15.5. The molecule has 0 aromatic heterocycles. The molecule has 0 heterocycles. The standard InChI is InChI=1S/C19H27NO5/c1-13(25-18(21)11-8-14-6-4-5-7-14)19(22)20-15-9-10-16(23-2)17(12-15)24-3/h9-10,12-14H,4-8,11H2,1-3H3,(H,20,22). The monoisotopic (exact) mass is 349 g/mol. The number of esters is 1. The summed E-state index contributed by atoms with van der Waals surface area (Å²) >= 11 is 0. The molecule has 1 atom stereocenters. The lowest BCUT2D eigenvalue weighted by Crippen LogP contribution is -2.30. The van der Waals surface area contributed by atoms with Crippen LogP contribution < -0.4 is 14.8 Å². The Labute approximate surface area is 148 Å². The zero-order valence-electron chi connectivity index (χ0n) is 15.2. The van der Waals surface area contributed by atoms with Crippen LogP contribution in [0.25, 0.3) is 0 Å².